The Labute approximate surface area is 137 Å². The third kappa shape index (κ3) is 4.75. The highest BCUT2D eigenvalue weighted by molar-refractivity contribution is 8.01. The molecule has 2 aromatic rings. The van der Waals surface area contributed by atoms with Crippen molar-refractivity contribution < 1.29 is 4.79 Å². The first-order chi connectivity index (χ1) is 10.6. The molecule has 0 spiro atoms. The number of amides is 1. The lowest BCUT2D eigenvalue weighted by Gasteiger charge is -2.15. The Morgan fingerprint density at radius 2 is 2.23 bits per heavy atom. The summed E-state index contributed by atoms with van der Waals surface area (Å²) in [5, 5.41) is 19.2. The van der Waals surface area contributed by atoms with Crippen LogP contribution in [0.15, 0.2) is 10.7 Å². The minimum Gasteiger partial charge on any atom is -0.317 e. The lowest BCUT2D eigenvalue weighted by Crippen LogP contribution is -2.30. The van der Waals surface area contributed by atoms with Gasteiger partial charge in [0.25, 0.3) is 0 Å². The molecule has 120 valence electrons. The average molecular weight is 341 g/mol. The molecule has 0 saturated carbocycles. The maximum Gasteiger partial charge on any atom is 0.240 e. The molecule has 0 aliphatic carbocycles. The molecule has 22 heavy (non-hydrogen) atoms. The molecule has 0 aromatic carbocycles. The fourth-order valence-electron chi connectivity index (χ4n) is 1.81. The SMILES string of the molecule is CCSc1nnc(NC(=O)CN(C)Cc2nncn2CC)s1. The zero-order chi connectivity index (χ0) is 15.9. The van der Waals surface area contributed by atoms with Gasteiger partial charge in [-0.05, 0) is 19.7 Å². The molecule has 10 heteroatoms. The number of hydrogen-bond donors (Lipinski definition) is 1. The summed E-state index contributed by atoms with van der Waals surface area (Å²) in [6.45, 7) is 5.71. The lowest BCUT2D eigenvalue weighted by molar-refractivity contribution is -0.117. The van der Waals surface area contributed by atoms with E-state index >= 15 is 0 Å². The van der Waals surface area contributed by atoms with Gasteiger partial charge in [-0.2, -0.15) is 0 Å². The van der Waals surface area contributed by atoms with Crippen LogP contribution >= 0.6 is 23.1 Å². The predicted molar refractivity (Wildman–Crippen MR) is 87.0 cm³/mol. The number of rotatable bonds is 8. The van der Waals surface area contributed by atoms with E-state index in [2.05, 4.69) is 25.7 Å². The summed E-state index contributed by atoms with van der Waals surface area (Å²) in [4.78, 5) is 13.9. The number of anilines is 1. The van der Waals surface area contributed by atoms with Crippen LogP contribution in [-0.2, 0) is 17.9 Å². The van der Waals surface area contributed by atoms with E-state index in [0.29, 0.717) is 11.7 Å². The highest BCUT2D eigenvalue weighted by atomic mass is 32.2. The normalized spacial score (nSPS) is 11.1. The summed E-state index contributed by atoms with van der Waals surface area (Å²) in [6, 6.07) is 0. The van der Waals surface area contributed by atoms with E-state index in [1.165, 1.54) is 11.3 Å². The van der Waals surface area contributed by atoms with Gasteiger partial charge >= 0.3 is 0 Å². The predicted octanol–water partition coefficient (Wildman–Crippen LogP) is 1.33. The molecular formula is C12H19N7OS2. The molecule has 2 aromatic heterocycles. The molecule has 0 radical (unpaired) electrons. The van der Waals surface area contributed by atoms with Crippen LogP contribution in [0, 0.1) is 0 Å². The summed E-state index contributed by atoms with van der Waals surface area (Å²) in [5.41, 5.74) is 0. The van der Waals surface area contributed by atoms with Crippen molar-refractivity contribution in [3.05, 3.63) is 12.2 Å². The van der Waals surface area contributed by atoms with Gasteiger partial charge < -0.3 is 4.57 Å². The van der Waals surface area contributed by atoms with E-state index in [1.54, 1.807) is 18.1 Å². The van der Waals surface area contributed by atoms with Gasteiger partial charge in [-0.1, -0.05) is 30.0 Å². The molecule has 0 bridgehead atoms. The van der Waals surface area contributed by atoms with Crippen LogP contribution in [-0.4, -0.2) is 55.1 Å². The third-order valence-electron chi connectivity index (χ3n) is 2.78. The monoisotopic (exact) mass is 341 g/mol. The van der Waals surface area contributed by atoms with Crippen molar-refractivity contribution in [3.8, 4) is 0 Å². The van der Waals surface area contributed by atoms with Gasteiger partial charge in [0.05, 0.1) is 13.1 Å². The first-order valence-corrected chi connectivity index (χ1v) is 8.74. The topological polar surface area (TPSA) is 88.8 Å². The molecule has 8 nitrogen and oxygen atoms in total. The van der Waals surface area contributed by atoms with Gasteiger partial charge in [-0.3, -0.25) is 15.0 Å². The Morgan fingerprint density at radius 3 is 2.95 bits per heavy atom. The summed E-state index contributed by atoms with van der Waals surface area (Å²) >= 11 is 3.00. The van der Waals surface area contributed by atoms with Crippen LogP contribution in [0.1, 0.15) is 19.7 Å². The second kappa shape index (κ2) is 8.20. The van der Waals surface area contributed by atoms with E-state index in [9.17, 15) is 4.79 Å². The quantitative estimate of drug-likeness (QED) is 0.572. The van der Waals surface area contributed by atoms with Crippen molar-refractivity contribution in [2.45, 2.75) is 31.3 Å². The van der Waals surface area contributed by atoms with E-state index < -0.39 is 0 Å². The van der Waals surface area contributed by atoms with Gasteiger partial charge in [0.2, 0.25) is 11.0 Å². The number of aromatic nitrogens is 5. The largest absolute Gasteiger partial charge is 0.317 e. The zero-order valence-electron chi connectivity index (χ0n) is 12.8. The minimum absolute atomic E-state index is 0.116. The van der Waals surface area contributed by atoms with Crippen molar-refractivity contribution in [1.82, 2.24) is 29.9 Å². The maximum absolute atomic E-state index is 12.0. The second-order valence-corrected chi connectivity index (χ2v) is 7.05. The van der Waals surface area contributed by atoms with Crippen LogP contribution in [0.3, 0.4) is 0 Å². The molecule has 2 rings (SSSR count). The number of hydrogen-bond acceptors (Lipinski definition) is 8. The van der Waals surface area contributed by atoms with Gasteiger partial charge in [0, 0.05) is 6.54 Å². The molecule has 0 fully saturated rings. The molecule has 0 atom stereocenters. The number of nitrogens with zero attached hydrogens (tertiary/aromatic N) is 6. The molecule has 2 heterocycles. The standard InChI is InChI=1S/C12H19N7OS2/c1-4-19-8-13-15-9(19)6-18(3)7-10(20)14-11-16-17-12(22-11)21-5-2/h8H,4-7H2,1-3H3,(H,14,16,20). The van der Waals surface area contributed by atoms with Gasteiger partial charge in [-0.15, -0.1) is 20.4 Å². The maximum atomic E-state index is 12.0. The van der Waals surface area contributed by atoms with Crippen LogP contribution in [0.25, 0.3) is 0 Å². The first-order valence-electron chi connectivity index (χ1n) is 6.93. The number of carbonyl (C=O) groups is 1. The molecule has 0 aliphatic heterocycles. The molecular weight excluding hydrogens is 322 g/mol. The Kier molecular flexibility index (Phi) is 6.28. The number of carbonyl (C=O) groups excluding carboxylic acids is 1. The highest BCUT2D eigenvalue weighted by Gasteiger charge is 2.13. The summed E-state index contributed by atoms with van der Waals surface area (Å²) < 4.78 is 2.81. The van der Waals surface area contributed by atoms with Crippen molar-refractivity contribution in [2.24, 2.45) is 0 Å². The summed E-state index contributed by atoms with van der Waals surface area (Å²) in [7, 11) is 1.87. The van der Waals surface area contributed by atoms with Crippen LogP contribution in [0.5, 0.6) is 0 Å². The summed E-state index contributed by atoms with van der Waals surface area (Å²) in [5.74, 6) is 1.66. The van der Waals surface area contributed by atoms with E-state index in [-0.39, 0.29) is 12.5 Å². The lowest BCUT2D eigenvalue weighted by atomic mass is 10.4. The number of nitrogens with one attached hydrogen (secondary N) is 1. The summed E-state index contributed by atoms with van der Waals surface area (Å²) in [6.07, 6.45) is 1.69. The van der Waals surface area contributed by atoms with E-state index in [1.807, 2.05) is 30.4 Å². The van der Waals surface area contributed by atoms with Crippen LogP contribution in [0.4, 0.5) is 5.13 Å². The van der Waals surface area contributed by atoms with Crippen LogP contribution < -0.4 is 5.32 Å². The molecule has 0 unspecified atom stereocenters. The Hall–Kier alpha value is -1.52. The van der Waals surface area contributed by atoms with Crippen molar-refractivity contribution in [3.63, 3.8) is 0 Å². The average Bonchev–Trinajstić information content (AvgIpc) is 3.08. The van der Waals surface area contributed by atoms with E-state index in [4.69, 9.17) is 0 Å². The van der Waals surface area contributed by atoms with Gasteiger partial charge in [-0.25, -0.2) is 0 Å². The minimum atomic E-state index is -0.116. The zero-order valence-corrected chi connectivity index (χ0v) is 14.4. The number of likely N-dealkylation sites (N-methyl/N-ethyl adjacent to an activating group) is 1. The number of aryl methyl sites for hydroxylation is 1. The third-order valence-corrected chi connectivity index (χ3v) is 4.64. The highest BCUT2D eigenvalue weighted by Crippen LogP contribution is 2.24. The van der Waals surface area contributed by atoms with Crippen molar-refractivity contribution in [2.75, 3.05) is 24.7 Å². The Morgan fingerprint density at radius 1 is 1.41 bits per heavy atom. The first kappa shape index (κ1) is 16.8. The van der Waals surface area contributed by atoms with Gasteiger partial charge in [0.1, 0.15) is 12.2 Å². The fourth-order valence-corrected chi connectivity index (χ4v) is 3.47. The Bertz CT molecular complexity index is 612. The molecule has 0 saturated heterocycles. The molecule has 1 amide bonds. The second-order valence-electron chi connectivity index (χ2n) is 4.56. The van der Waals surface area contributed by atoms with Crippen molar-refractivity contribution >= 4 is 34.1 Å². The molecule has 0 aliphatic rings. The van der Waals surface area contributed by atoms with Crippen molar-refractivity contribution in [1.29, 1.82) is 0 Å². The smallest absolute Gasteiger partial charge is 0.240 e. The Balaban J connectivity index is 1.83. The fraction of sp³-hybridized carbons (Fsp3) is 0.583. The van der Waals surface area contributed by atoms with E-state index in [0.717, 1.165) is 22.5 Å². The molecule has 1 N–H and O–H groups in total. The number of thioether (sulfide) groups is 1. The van der Waals surface area contributed by atoms with Crippen LogP contribution in [0.2, 0.25) is 0 Å². The van der Waals surface area contributed by atoms with Gasteiger partial charge in [0.15, 0.2) is 4.34 Å².